The van der Waals surface area contributed by atoms with Crippen LogP contribution in [0.15, 0.2) is 12.2 Å². The van der Waals surface area contributed by atoms with Crippen molar-refractivity contribution < 1.29 is 14.3 Å². The van der Waals surface area contributed by atoms with Crippen molar-refractivity contribution in [2.45, 2.75) is 52.1 Å². The summed E-state index contributed by atoms with van der Waals surface area (Å²) in [5.74, 6) is -0.355. The van der Waals surface area contributed by atoms with Gasteiger partial charge in [0.05, 0.1) is 5.92 Å². The minimum atomic E-state index is -0.327. The third kappa shape index (κ3) is 3.80. The van der Waals surface area contributed by atoms with E-state index in [0.29, 0.717) is 0 Å². The van der Waals surface area contributed by atoms with Gasteiger partial charge in [-0.25, -0.2) is 0 Å². The predicted octanol–water partition coefficient (Wildman–Crippen LogP) is 2.64. The van der Waals surface area contributed by atoms with Crippen LogP contribution >= 0.6 is 0 Å². The summed E-state index contributed by atoms with van der Waals surface area (Å²) in [7, 11) is 0. The molecule has 0 aromatic heterocycles. The Balaban J connectivity index is 2.37. The van der Waals surface area contributed by atoms with E-state index in [2.05, 4.69) is 6.92 Å². The molecule has 1 aliphatic rings. The highest BCUT2D eigenvalue weighted by Gasteiger charge is 2.31. The van der Waals surface area contributed by atoms with E-state index in [-0.39, 0.29) is 23.8 Å². The number of hydrogen-bond acceptors (Lipinski definition) is 3. The van der Waals surface area contributed by atoms with E-state index in [0.717, 1.165) is 19.3 Å². The van der Waals surface area contributed by atoms with Crippen LogP contribution in [0.1, 0.15) is 46.0 Å². The zero-order valence-electron chi connectivity index (χ0n) is 10.1. The van der Waals surface area contributed by atoms with E-state index < -0.39 is 0 Å². The Morgan fingerprint density at radius 1 is 1.38 bits per heavy atom. The lowest BCUT2D eigenvalue weighted by molar-refractivity contribution is -0.146. The van der Waals surface area contributed by atoms with Crippen LogP contribution in [0, 0.1) is 5.92 Å². The fourth-order valence-corrected chi connectivity index (χ4v) is 2.02. The van der Waals surface area contributed by atoms with Crippen molar-refractivity contribution in [1.29, 1.82) is 0 Å². The lowest BCUT2D eigenvalue weighted by Crippen LogP contribution is -2.25. The van der Waals surface area contributed by atoms with Crippen molar-refractivity contribution >= 4 is 11.8 Å². The summed E-state index contributed by atoms with van der Waals surface area (Å²) in [5, 5.41) is 0. The van der Waals surface area contributed by atoms with Gasteiger partial charge in [-0.05, 0) is 18.6 Å². The Bertz CT molecular complexity index is 281. The number of unbranched alkanes of at least 4 members (excludes halogenated alkanes) is 3. The van der Waals surface area contributed by atoms with Crippen LogP contribution < -0.4 is 0 Å². The fraction of sp³-hybridized carbons (Fsp3) is 0.692. The minimum absolute atomic E-state index is 0.0998. The van der Waals surface area contributed by atoms with Crippen molar-refractivity contribution in [2.75, 3.05) is 0 Å². The van der Waals surface area contributed by atoms with Crippen molar-refractivity contribution in [2.24, 2.45) is 5.92 Å². The topological polar surface area (TPSA) is 43.4 Å². The van der Waals surface area contributed by atoms with Gasteiger partial charge in [0.1, 0.15) is 6.10 Å². The van der Waals surface area contributed by atoms with Crippen LogP contribution in [-0.2, 0) is 14.3 Å². The van der Waals surface area contributed by atoms with Crippen molar-refractivity contribution in [1.82, 2.24) is 0 Å². The lowest BCUT2D eigenvalue weighted by atomic mass is 9.96. The number of rotatable bonds is 6. The van der Waals surface area contributed by atoms with Gasteiger partial charge in [0.25, 0.3) is 0 Å². The standard InChI is InChI=1S/C13H20O3/c1-3-4-5-6-7-11-12(15)8-9-13(11)16-10(2)14/h8-9,11,13H,3-7H2,1-2H3. The number of hydrogen-bond donors (Lipinski definition) is 0. The molecule has 0 spiro atoms. The third-order valence-electron chi connectivity index (χ3n) is 2.88. The molecule has 2 unspecified atom stereocenters. The summed E-state index contributed by atoms with van der Waals surface area (Å²) in [4.78, 5) is 22.4. The number of ketones is 1. The molecule has 0 saturated heterocycles. The molecule has 16 heavy (non-hydrogen) atoms. The van der Waals surface area contributed by atoms with Crippen molar-refractivity contribution in [3.63, 3.8) is 0 Å². The molecule has 1 aliphatic carbocycles. The average molecular weight is 224 g/mol. The molecule has 0 bridgehead atoms. The first-order valence-corrected chi connectivity index (χ1v) is 6.04. The average Bonchev–Trinajstić information content (AvgIpc) is 2.55. The molecule has 0 saturated carbocycles. The first kappa shape index (κ1) is 12.9. The highest BCUT2D eigenvalue weighted by Crippen LogP contribution is 2.24. The van der Waals surface area contributed by atoms with Gasteiger partial charge in [0.2, 0.25) is 0 Å². The molecule has 0 aromatic rings. The predicted molar refractivity (Wildman–Crippen MR) is 62.0 cm³/mol. The normalized spacial score (nSPS) is 23.8. The van der Waals surface area contributed by atoms with Crippen LogP contribution in [-0.4, -0.2) is 17.9 Å². The van der Waals surface area contributed by atoms with E-state index in [1.807, 2.05) is 0 Å². The SMILES string of the molecule is CCCCCCC1C(=O)C=CC1OC(C)=O. The van der Waals surface area contributed by atoms with Gasteiger partial charge in [-0.15, -0.1) is 0 Å². The maximum atomic E-state index is 11.6. The van der Waals surface area contributed by atoms with Gasteiger partial charge in [0, 0.05) is 6.92 Å². The van der Waals surface area contributed by atoms with E-state index in [9.17, 15) is 9.59 Å². The molecule has 3 nitrogen and oxygen atoms in total. The molecule has 1 rings (SSSR count). The van der Waals surface area contributed by atoms with Gasteiger partial charge in [-0.1, -0.05) is 32.6 Å². The van der Waals surface area contributed by atoms with Crippen LogP contribution in [0.3, 0.4) is 0 Å². The molecule has 2 atom stereocenters. The fourth-order valence-electron chi connectivity index (χ4n) is 2.02. The van der Waals surface area contributed by atoms with Crippen LogP contribution in [0.2, 0.25) is 0 Å². The molecule has 0 fully saturated rings. The van der Waals surface area contributed by atoms with Gasteiger partial charge < -0.3 is 4.74 Å². The molecular formula is C13H20O3. The number of esters is 1. The van der Waals surface area contributed by atoms with Crippen molar-refractivity contribution in [3.8, 4) is 0 Å². The first-order chi connectivity index (χ1) is 7.65. The van der Waals surface area contributed by atoms with E-state index >= 15 is 0 Å². The molecule has 0 radical (unpaired) electrons. The molecule has 0 heterocycles. The van der Waals surface area contributed by atoms with Crippen LogP contribution in [0.25, 0.3) is 0 Å². The quantitative estimate of drug-likeness (QED) is 0.514. The lowest BCUT2D eigenvalue weighted by Gasteiger charge is -2.17. The second-order valence-corrected chi connectivity index (χ2v) is 4.29. The van der Waals surface area contributed by atoms with Gasteiger partial charge in [-0.2, -0.15) is 0 Å². The molecule has 0 N–H and O–H groups in total. The molecule has 90 valence electrons. The summed E-state index contributed by atoms with van der Waals surface area (Å²) in [6, 6.07) is 0. The van der Waals surface area contributed by atoms with Gasteiger partial charge in [0.15, 0.2) is 5.78 Å². The highest BCUT2D eigenvalue weighted by molar-refractivity contribution is 5.95. The maximum absolute atomic E-state index is 11.6. The van der Waals surface area contributed by atoms with Crippen LogP contribution in [0.5, 0.6) is 0 Å². The monoisotopic (exact) mass is 224 g/mol. The molecule has 3 heteroatoms. The zero-order valence-corrected chi connectivity index (χ0v) is 10.1. The Morgan fingerprint density at radius 2 is 2.12 bits per heavy atom. The number of ether oxygens (including phenoxy) is 1. The van der Waals surface area contributed by atoms with E-state index in [1.165, 1.54) is 25.8 Å². The van der Waals surface area contributed by atoms with E-state index in [1.54, 1.807) is 6.08 Å². The van der Waals surface area contributed by atoms with Gasteiger partial charge in [-0.3, -0.25) is 9.59 Å². The Morgan fingerprint density at radius 3 is 2.75 bits per heavy atom. The largest absolute Gasteiger partial charge is 0.458 e. The maximum Gasteiger partial charge on any atom is 0.303 e. The summed E-state index contributed by atoms with van der Waals surface area (Å²) in [6.45, 7) is 3.54. The summed E-state index contributed by atoms with van der Waals surface area (Å²) < 4.78 is 5.10. The number of allylic oxidation sites excluding steroid dienone is 1. The second kappa shape index (κ2) is 6.46. The number of carbonyl (C=O) groups excluding carboxylic acids is 2. The smallest absolute Gasteiger partial charge is 0.303 e. The molecule has 0 aromatic carbocycles. The Labute approximate surface area is 96.9 Å². The summed E-state index contributed by atoms with van der Waals surface area (Å²) in [5.41, 5.74) is 0. The van der Waals surface area contributed by atoms with Gasteiger partial charge >= 0.3 is 5.97 Å². The van der Waals surface area contributed by atoms with Crippen LogP contribution in [0.4, 0.5) is 0 Å². The Kier molecular flexibility index (Phi) is 5.23. The van der Waals surface area contributed by atoms with Crippen molar-refractivity contribution in [3.05, 3.63) is 12.2 Å². The summed E-state index contributed by atoms with van der Waals surface area (Å²) in [6.07, 6.45) is 8.30. The first-order valence-electron chi connectivity index (χ1n) is 6.04. The second-order valence-electron chi connectivity index (χ2n) is 4.29. The summed E-state index contributed by atoms with van der Waals surface area (Å²) >= 11 is 0. The highest BCUT2D eigenvalue weighted by atomic mass is 16.5. The Hall–Kier alpha value is -1.12. The number of carbonyl (C=O) groups is 2. The third-order valence-corrected chi connectivity index (χ3v) is 2.88. The molecule has 0 amide bonds. The van der Waals surface area contributed by atoms with E-state index in [4.69, 9.17) is 4.74 Å². The molecular weight excluding hydrogens is 204 g/mol. The zero-order chi connectivity index (χ0) is 12.0. The molecule has 0 aliphatic heterocycles. The minimum Gasteiger partial charge on any atom is -0.458 e.